The zero-order valence-corrected chi connectivity index (χ0v) is 18.4. The lowest BCUT2D eigenvalue weighted by Gasteiger charge is -2.12. The van der Waals surface area contributed by atoms with Crippen molar-refractivity contribution in [2.45, 2.75) is 13.0 Å². The maximum Gasteiger partial charge on any atom is 0.246 e. The van der Waals surface area contributed by atoms with Gasteiger partial charge in [0.25, 0.3) is 0 Å². The van der Waals surface area contributed by atoms with Crippen LogP contribution in [-0.2, 0) is 11.3 Å². The fourth-order valence-electron chi connectivity index (χ4n) is 3.86. The second-order valence-corrected chi connectivity index (χ2v) is 8.18. The quantitative estimate of drug-likeness (QED) is 0.370. The van der Waals surface area contributed by atoms with E-state index in [2.05, 4.69) is 31.0 Å². The Kier molecular flexibility index (Phi) is 6.30. The number of carbonyl (C=O) groups is 1. The maximum atomic E-state index is 13.3. The molecule has 0 saturated carbocycles. The number of carbonyl (C=O) groups excluding carboxylic acids is 1. The molecule has 1 unspecified atom stereocenters. The van der Waals surface area contributed by atoms with Gasteiger partial charge in [-0.15, -0.1) is 0 Å². The molecular weight excluding hydrogens is 437 g/mol. The molecule has 0 bridgehead atoms. The molecule has 4 aromatic rings. The summed E-state index contributed by atoms with van der Waals surface area (Å²) in [7, 11) is 0. The molecule has 1 atom stereocenters. The average molecular weight is 462 g/mol. The van der Waals surface area contributed by atoms with Gasteiger partial charge in [0.05, 0.1) is 24.0 Å². The largest absolute Gasteiger partial charge is 0.493 e. The first-order chi connectivity index (χ1) is 16.6. The van der Waals surface area contributed by atoms with Crippen molar-refractivity contribution >= 4 is 34.0 Å². The van der Waals surface area contributed by atoms with Crippen LogP contribution in [0.15, 0.2) is 61.2 Å². The van der Waals surface area contributed by atoms with Crippen molar-refractivity contribution in [2.75, 3.05) is 30.3 Å². The Balaban J connectivity index is 1.23. The van der Waals surface area contributed by atoms with Crippen LogP contribution in [0.5, 0.6) is 5.75 Å². The summed E-state index contributed by atoms with van der Waals surface area (Å²) >= 11 is 0. The van der Waals surface area contributed by atoms with Crippen molar-refractivity contribution in [3.05, 3.63) is 67.0 Å². The van der Waals surface area contributed by atoms with Crippen LogP contribution in [0.3, 0.4) is 0 Å². The molecule has 9 nitrogen and oxygen atoms in total. The standard InChI is InChI=1S/C24H24FN7O2/c25-17-2-1-3-18(8-17)30-23(33)13-32-12-19(11-29-32)31-24-21-5-4-20(9-22(21)27-15-28-24)34-14-16-6-7-26-10-16/h1-5,8-9,11-12,15-16,26H,6-7,10,13-14H2,(H,30,33)(H,27,28,31). The van der Waals surface area contributed by atoms with Gasteiger partial charge in [-0.25, -0.2) is 14.4 Å². The van der Waals surface area contributed by atoms with Gasteiger partial charge in [0.2, 0.25) is 5.91 Å². The van der Waals surface area contributed by atoms with Gasteiger partial charge in [0, 0.05) is 35.8 Å². The summed E-state index contributed by atoms with van der Waals surface area (Å²) < 4.78 is 20.7. The highest BCUT2D eigenvalue weighted by atomic mass is 19.1. The van der Waals surface area contributed by atoms with Gasteiger partial charge < -0.3 is 20.7 Å². The third kappa shape index (κ3) is 5.29. The molecule has 0 radical (unpaired) electrons. The molecule has 0 aliphatic carbocycles. The number of aromatic nitrogens is 4. The van der Waals surface area contributed by atoms with Crippen molar-refractivity contribution in [2.24, 2.45) is 5.92 Å². The number of halogens is 1. The van der Waals surface area contributed by atoms with Gasteiger partial charge in [-0.3, -0.25) is 9.48 Å². The van der Waals surface area contributed by atoms with Crippen LogP contribution in [0.25, 0.3) is 10.9 Å². The van der Waals surface area contributed by atoms with Crippen molar-refractivity contribution < 1.29 is 13.9 Å². The molecular formula is C24H24FN7O2. The summed E-state index contributed by atoms with van der Waals surface area (Å²) in [5.74, 6) is 1.21. The Hall–Kier alpha value is -4.05. The number of nitrogens with one attached hydrogen (secondary N) is 3. The van der Waals surface area contributed by atoms with E-state index in [9.17, 15) is 9.18 Å². The number of ether oxygens (including phenoxy) is 1. The fraction of sp³-hybridized carbons (Fsp3) is 0.250. The molecule has 10 heteroatoms. The third-order valence-corrected chi connectivity index (χ3v) is 5.57. The van der Waals surface area contributed by atoms with Crippen molar-refractivity contribution in [1.29, 1.82) is 0 Å². The normalized spacial score (nSPS) is 15.4. The molecule has 1 saturated heterocycles. The maximum absolute atomic E-state index is 13.3. The monoisotopic (exact) mass is 461 g/mol. The Bertz CT molecular complexity index is 1300. The van der Waals surface area contributed by atoms with Crippen molar-refractivity contribution in [3.8, 4) is 5.75 Å². The molecule has 3 N–H and O–H groups in total. The number of rotatable bonds is 8. The van der Waals surface area contributed by atoms with E-state index in [-0.39, 0.29) is 12.5 Å². The fourth-order valence-corrected chi connectivity index (χ4v) is 3.86. The van der Waals surface area contributed by atoms with Crippen molar-refractivity contribution in [1.82, 2.24) is 25.1 Å². The van der Waals surface area contributed by atoms with Gasteiger partial charge >= 0.3 is 0 Å². The third-order valence-electron chi connectivity index (χ3n) is 5.57. The van der Waals surface area contributed by atoms with E-state index in [4.69, 9.17) is 4.74 Å². The first-order valence-corrected chi connectivity index (χ1v) is 11.1. The van der Waals surface area contributed by atoms with E-state index in [1.165, 1.54) is 29.2 Å². The van der Waals surface area contributed by atoms with E-state index < -0.39 is 5.82 Å². The SMILES string of the molecule is O=C(Cn1cc(Nc2ncnc3cc(OCC4CCNC4)ccc23)cn1)Nc1cccc(F)c1. The number of fused-ring (bicyclic) bond motifs is 1. The summed E-state index contributed by atoms with van der Waals surface area (Å²) in [6.45, 7) is 2.70. The van der Waals surface area contributed by atoms with Gasteiger partial charge in [-0.1, -0.05) is 6.07 Å². The van der Waals surface area contributed by atoms with Crippen LogP contribution in [0.1, 0.15) is 6.42 Å². The second kappa shape index (κ2) is 9.84. The summed E-state index contributed by atoms with van der Waals surface area (Å²) in [5.41, 5.74) is 1.83. The van der Waals surface area contributed by atoms with E-state index in [1.54, 1.807) is 18.5 Å². The first-order valence-electron chi connectivity index (χ1n) is 11.1. The molecule has 5 rings (SSSR count). The number of benzene rings is 2. The number of anilines is 3. The van der Waals surface area contributed by atoms with Crippen LogP contribution in [0, 0.1) is 11.7 Å². The summed E-state index contributed by atoms with van der Waals surface area (Å²) in [6.07, 6.45) is 5.93. The minimum atomic E-state index is -0.412. The minimum absolute atomic E-state index is 0.0140. The Morgan fingerprint density at radius 1 is 1.21 bits per heavy atom. The van der Waals surface area contributed by atoms with E-state index in [1.807, 2.05) is 18.2 Å². The number of hydrogen-bond donors (Lipinski definition) is 3. The van der Waals surface area contributed by atoms with Crippen LogP contribution < -0.4 is 20.7 Å². The zero-order chi connectivity index (χ0) is 23.3. The highest BCUT2D eigenvalue weighted by Gasteiger charge is 2.15. The van der Waals surface area contributed by atoms with Crippen LogP contribution in [-0.4, -0.2) is 45.4 Å². The van der Waals surface area contributed by atoms with Gasteiger partial charge in [0.1, 0.15) is 30.3 Å². The molecule has 1 aliphatic heterocycles. The molecule has 3 heterocycles. The minimum Gasteiger partial charge on any atom is -0.493 e. The molecule has 1 fully saturated rings. The lowest BCUT2D eigenvalue weighted by atomic mass is 10.1. The highest BCUT2D eigenvalue weighted by Crippen LogP contribution is 2.26. The Morgan fingerprint density at radius 3 is 3.00 bits per heavy atom. The van der Waals surface area contributed by atoms with Gasteiger partial charge in [-0.2, -0.15) is 5.10 Å². The lowest BCUT2D eigenvalue weighted by molar-refractivity contribution is -0.116. The first kappa shape index (κ1) is 21.8. The second-order valence-electron chi connectivity index (χ2n) is 8.18. The van der Waals surface area contributed by atoms with Gasteiger partial charge in [-0.05, 0) is 43.3 Å². The van der Waals surface area contributed by atoms with E-state index in [0.717, 1.165) is 36.2 Å². The van der Waals surface area contributed by atoms with Crippen LogP contribution >= 0.6 is 0 Å². The van der Waals surface area contributed by atoms with Crippen molar-refractivity contribution in [3.63, 3.8) is 0 Å². The smallest absolute Gasteiger partial charge is 0.246 e. The topological polar surface area (TPSA) is 106 Å². The molecule has 1 aliphatic rings. The summed E-state index contributed by atoms with van der Waals surface area (Å²) in [6, 6.07) is 11.5. The molecule has 174 valence electrons. The predicted molar refractivity (Wildman–Crippen MR) is 127 cm³/mol. The number of amides is 1. The average Bonchev–Trinajstić information content (AvgIpc) is 3.50. The lowest BCUT2D eigenvalue weighted by Crippen LogP contribution is -2.19. The Morgan fingerprint density at radius 2 is 2.15 bits per heavy atom. The highest BCUT2D eigenvalue weighted by molar-refractivity contribution is 5.92. The molecule has 1 amide bonds. The molecule has 2 aromatic heterocycles. The van der Waals surface area contributed by atoms with E-state index >= 15 is 0 Å². The zero-order valence-electron chi connectivity index (χ0n) is 18.4. The summed E-state index contributed by atoms with van der Waals surface area (Å²) in [5, 5.41) is 14.3. The molecule has 0 spiro atoms. The van der Waals surface area contributed by atoms with Gasteiger partial charge in [0.15, 0.2) is 0 Å². The number of hydrogen-bond acceptors (Lipinski definition) is 7. The molecule has 2 aromatic carbocycles. The summed E-state index contributed by atoms with van der Waals surface area (Å²) in [4.78, 5) is 21.0. The molecule has 34 heavy (non-hydrogen) atoms. The van der Waals surface area contributed by atoms with Crippen LogP contribution in [0.2, 0.25) is 0 Å². The number of nitrogens with zero attached hydrogens (tertiary/aromatic N) is 4. The predicted octanol–water partition coefficient (Wildman–Crippen LogP) is 3.34. The Labute approximate surface area is 195 Å². The van der Waals surface area contributed by atoms with Crippen LogP contribution in [0.4, 0.5) is 21.6 Å². The van der Waals surface area contributed by atoms with E-state index in [0.29, 0.717) is 29.7 Å².